The van der Waals surface area contributed by atoms with Crippen molar-refractivity contribution in [3.63, 3.8) is 0 Å². The third kappa shape index (κ3) is 3.78. The van der Waals surface area contributed by atoms with Crippen LogP contribution in [0.1, 0.15) is 17.2 Å². The Kier molecular flexibility index (Phi) is 5.41. The molecular weight excluding hydrogens is 304 g/mol. The van der Waals surface area contributed by atoms with Crippen molar-refractivity contribution in [2.75, 3.05) is 14.2 Å². The van der Waals surface area contributed by atoms with Crippen LogP contribution in [0, 0.1) is 0 Å². The first-order valence-electron chi connectivity index (χ1n) is 6.81. The predicted octanol–water partition coefficient (Wildman–Crippen LogP) is 1.66. The molecule has 0 saturated heterocycles. The third-order valence-corrected chi connectivity index (χ3v) is 3.55. The van der Waals surface area contributed by atoms with Crippen LogP contribution < -0.4 is 15.4 Å². The fraction of sp³-hybridized carbons (Fsp3) is 0.333. The summed E-state index contributed by atoms with van der Waals surface area (Å²) in [5.74, 6) is 0.516. The van der Waals surface area contributed by atoms with Gasteiger partial charge in [0.15, 0.2) is 0 Å². The van der Waals surface area contributed by atoms with Gasteiger partial charge < -0.3 is 15.4 Å². The lowest BCUT2D eigenvalue weighted by Crippen LogP contribution is -2.35. The fourth-order valence-electron chi connectivity index (χ4n) is 2.19. The van der Waals surface area contributed by atoms with Crippen molar-refractivity contribution >= 4 is 17.5 Å². The summed E-state index contributed by atoms with van der Waals surface area (Å²) < 4.78 is 6.93. The van der Waals surface area contributed by atoms with E-state index in [9.17, 15) is 4.79 Å². The summed E-state index contributed by atoms with van der Waals surface area (Å²) in [6.45, 7) is 0.359. The second-order valence-corrected chi connectivity index (χ2v) is 5.28. The predicted molar refractivity (Wildman–Crippen MR) is 84.9 cm³/mol. The van der Waals surface area contributed by atoms with Crippen molar-refractivity contribution in [3.05, 3.63) is 46.7 Å². The number of benzene rings is 1. The number of hydrogen-bond acceptors (Lipinski definition) is 4. The van der Waals surface area contributed by atoms with Crippen LogP contribution >= 0.6 is 11.6 Å². The van der Waals surface area contributed by atoms with Gasteiger partial charge in [0.25, 0.3) is 0 Å². The lowest BCUT2D eigenvalue weighted by atomic mass is 10.1. The molecule has 6 nitrogen and oxygen atoms in total. The number of nitrogens with one attached hydrogen (secondary N) is 2. The first-order valence-corrected chi connectivity index (χ1v) is 7.19. The number of rotatable bonds is 6. The summed E-state index contributed by atoms with van der Waals surface area (Å²) in [5, 5.41) is 10.6. The number of hydrogen-bond donors (Lipinski definition) is 2. The minimum Gasteiger partial charge on any atom is -0.496 e. The maximum absolute atomic E-state index is 12.3. The number of carbonyl (C=O) groups is 1. The van der Waals surface area contributed by atoms with Crippen LogP contribution in [0.3, 0.4) is 0 Å². The first kappa shape index (κ1) is 16.3. The van der Waals surface area contributed by atoms with E-state index in [-0.39, 0.29) is 5.91 Å². The van der Waals surface area contributed by atoms with E-state index in [0.717, 1.165) is 11.1 Å². The van der Waals surface area contributed by atoms with Crippen LogP contribution in [0.15, 0.2) is 30.6 Å². The van der Waals surface area contributed by atoms with E-state index >= 15 is 0 Å². The highest BCUT2D eigenvalue weighted by atomic mass is 35.5. The normalized spacial score (nSPS) is 12.0. The summed E-state index contributed by atoms with van der Waals surface area (Å²) in [7, 11) is 5.12. The van der Waals surface area contributed by atoms with E-state index < -0.39 is 6.04 Å². The molecule has 0 aliphatic rings. The van der Waals surface area contributed by atoms with Gasteiger partial charge in [0.2, 0.25) is 5.91 Å². The zero-order chi connectivity index (χ0) is 16.1. The van der Waals surface area contributed by atoms with Crippen LogP contribution in [-0.2, 0) is 18.4 Å². The van der Waals surface area contributed by atoms with Gasteiger partial charge in [-0.05, 0) is 19.2 Å². The van der Waals surface area contributed by atoms with Crippen LogP contribution in [0.2, 0.25) is 5.02 Å². The molecule has 118 valence electrons. The first-order chi connectivity index (χ1) is 10.5. The smallest absolute Gasteiger partial charge is 0.242 e. The van der Waals surface area contributed by atoms with Crippen molar-refractivity contribution in [2.45, 2.75) is 12.6 Å². The number of likely N-dealkylation sites (N-methyl/N-ethyl adjacent to an activating group) is 1. The molecular formula is C15H19ClN4O2. The number of amides is 1. The number of aryl methyl sites for hydroxylation is 1. The van der Waals surface area contributed by atoms with Crippen molar-refractivity contribution in [1.82, 2.24) is 20.4 Å². The van der Waals surface area contributed by atoms with Crippen LogP contribution in [0.25, 0.3) is 0 Å². The Hall–Kier alpha value is -2.05. The number of carbonyl (C=O) groups excluding carboxylic acids is 1. The van der Waals surface area contributed by atoms with Gasteiger partial charge in [0, 0.05) is 35.9 Å². The Balaban J connectivity index is 2.05. The Morgan fingerprint density at radius 3 is 2.86 bits per heavy atom. The fourth-order valence-corrected chi connectivity index (χ4v) is 2.35. The van der Waals surface area contributed by atoms with Crippen molar-refractivity contribution in [2.24, 2.45) is 7.05 Å². The molecule has 1 aromatic carbocycles. The maximum Gasteiger partial charge on any atom is 0.242 e. The molecule has 0 radical (unpaired) electrons. The SMILES string of the molecule is CNC(C(=O)NCc1ccc(Cl)cc1OC)c1cnn(C)c1. The number of methoxy groups -OCH3 is 1. The number of halogens is 1. The second-order valence-electron chi connectivity index (χ2n) is 4.84. The molecule has 2 rings (SSSR count). The van der Waals surface area contributed by atoms with Gasteiger partial charge in [-0.2, -0.15) is 5.10 Å². The maximum atomic E-state index is 12.3. The summed E-state index contributed by atoms with van der Waals surface area (Å²) in [4.78, 5) is 12.3. The molecule has 2 N–H and O–H groups in total. The number of ether oxygens (including phenoxy) is 1. The van der Waals surface area contributed by atoms with Crippen LogP contribution in [0.4, 0.5) is 0 Å². The molecule has 0 aliphatic heterocycles. The van der Waals surface area contributed by atoms with E-state index in [1.807, 2.05) is 19.3 Å². The minimum atomic E-state index is -0.452. The molecule has 1 atom stereocenters. The van der Waals surface area contributed by atoms with Crippen molar-refractivity contribution < 1.29 is 9.53 Å². The third-order valence-electron chi connectivity index (χ3n) is 3.31. The van der Waals surface area contributed by atoms with Crippen LogP contribution in [0.5, 0.6) is 5.75 Å². The van der Waals surface area contributed by atoms with Gasteiger partial charge >= 0.3 is 0 Å². The van der Waals surface area contributed by atoms with E-state index in [4.69, 9.17) is 16.3 Å². The second kappa shape index (κ2) is 7.29. The lowest BCUT2D eigenvalue weighted by molar-refractivity contribution is -0.123. The quantitative estimate of drug-likeness (QED) is 0.848. The van der Waals surface area contributed by atoms with Gasteiger partial charge in [-0.3, -0.25) is 9.48 Å². The lowest BCUT2D eigenvalue weighted by Gasteiger charge is -2.15. The molecule has 1 heterocycles. The molecule has 2 aromatic rings. The van der Waals surface area contributed by atoms with Gasteiger partial charge in [0.05, 0.1) is 13.3 Å². The molecule has 0 spiro atoms. The molecule has 0 fully saturated rings. The average Bonchev–Trinajstić information content (AvgIpc) is 2.92. The average molecular weight is 323 g/mol. The highest BCUT2D eigenvalue weighted by molar-refractivity contribution is 6.30. The Labute approximate surface area is 134 Å². The summed E-state index contributed by atoms with van der Waals surface area (Å²) in [6, 6.07) is 4.87. The highest BCUT2D eigenvalue weighted by Gasteiger charge is 2.20. The molecule has 22 heavy (non-hydrogen) atoms. The van der Waals surface area contributed by atoms with Gasteiger partial charge in [0.1, 0.15) is 11.8 Å². The van der Waals surface area contributed by atoms with E-state index in [1.54, 1.807) is 37.2 Å². The van der Waals surface area contributed by atoms with Crippen molar-refractivity contribution in [1.29, 1.82) is 0 Å². The molecule has 0 aliphatic carbocycles. The summed E-state index contributed by atoms with van der Waals surface area (Å²) in [5.41, 5.74) is 1.67. The van der Waals surface area contributed by atoms with Crippen molar-refractivity contribution in [3.8, 4) is 5.75 Å². The van der Waals surface area contributed by atoms with Crippen LogP contribution in [-0.4, -0.2) is 29.8 Å². The Morgan fingerprint density at radius 1 is 1.50 bits per heavy atom. The monoisotopic (exact) mass is 322 g/mol. The zero-order valence-corrected chi connectivity index (χ0v) is 13.5. The van der Waals surface area contributed by atoms with Gasteiger partial charge in [-0.25, -0.2) is 0 Å². The van der Waals surface area contributed by atoms with E-state index in [1.165, 1.54) is 0 Å². The van der Waals surface area contributed by atoms with Gasteiger partial charge in [-0.15, -0.1) is 0 Å². The molecule has 0 saturated carbocycles. The molecule has 0 bridgehead atoms. The highest BCUT2D eigenvalue weighted by Crippen LogP contribution is 2.23. The minimum absolute atomic E-state index is 0.132. The Bertz CT molecular complexity index is 657. The molecule has 1 amide bonds. The zero-order valence-electron chi connectivity index (χ0n) is 12.8. The van der Waals surface area contributed by atoms with Gasteiger partial charge in [-0.1, -0.05) is 17.7 Å². The van der Waals surface area contributed by atoms with E-state index in [2.05, 4.69) is 15.7 Å². The summed E-state index contributed by atoms with van der Waals surface area (Å²) >= 11 is 5.93. The largest absolute Gasteiger partial charge is 0.496 e. The molecule has 7 heteroatoms. The number of nitrogens with zero attached hydrogens (tertiary/aromatic N) is 2. The van der Waals surface area contributed by atoms with E-state index in [0.29, 0.717) is 17.3 Å². The molecule has 1 aromatic heterocycles. The Morgan fingerprint density at radius 2 is 2.27 bits per heavy atom. The topological polar surface area (TPSA) is 68.2 Å². The standard InChI is InChI=1S/C15H19ClN4O2/c1-17-14(11-8-19-20(2)9-11)15(21)18-7-10-4-5-12(16)6-13(10)22-3/h4-6,8-9,14,17H,7H2,1-3H3,(H,18,21). The summed E-state index contributed by atoms with van der Waals surface area (Å²) in [6.07, 6.45) is 3.48. The number of aromatic nitrogens is 2. The molecule has 1 unspecified atom stereocenters.